The molecule has 0 fully saturated rings. The summed E-state index contributed by atoms with van der Waals surface area (Å²) in [7, 11) is 0. The van der Waals surface area contributed by atoms with Gasteiger partial charge in [-0.25, -0.2) is 0 Å². The molecule has 110 valence electrons. The second-order valence-corrected chi connectivity index (χ2v) is 5.79. The monoisotopic (exact) mass is 293 g/mol. The van der Waals surface area contributed by atoms with Crippen molar-refractivity contribution in [3.8, 4) is 0 Å². The number of thioether (sulfide) groups is 1. The van der Waals surface area contributed by atoms with E-state index in [0.29, 0.717) is 12.0 Å². The molecule has 1 amide bonds. The molecule has 1 rings (SSSR count). The van der Waals surface area contributed by atoms with E-state index in [0.717, 1.165) is 11.3 Å². The van der Waals surface area contributed by atoms with Crippen molar-refractivity contribution in [3.63, 3.8) is 0 Å². The van der Waals surface area contributed by atoms with Crippen LogP contribution in [0.1, 0.15) is 24.5 Å². The summed E-state index contributed by atoms with van der Waals surface area (Å²) in [6.07, 6.45) is 4.46. The molecule has 0 radical (unpaired) electrons. The second-order valence-electron chi connectivity index (χ2n) is 4.88. The summed E-state index contributed by atoms with van der Waals surface area (Å²) in [6.45, 7) is 3.94. The van der Waals surface area contributed by atoms with Crippen LogP contribution >= 0.6 is 11.8 Å². The van der Waals surface area contributed by atoms with Gasteiger partial charge in [0.15, 0.2) is 0 Å². The zero-order valence-electron chi connectivity index (χ0n) is 12.3. The Kier molecular flexibility index (Phi) is 7.41. The van der Waals surface area contributed by atoms with Gasteiger partial charge < -0.3 is 10.4 Å². The van der Waals surface area contributed by atoms with E-state index in [-0.39, 0.29) is 18.6 Å². The number of aryl methyl sites for hydroxylation is 1. The van der Waals surface area contributed by atoms with Crippen molar-refractivity contribution in [1.29, 1.82) is 0 Å². The largest absolute Gasteiger partial charge is 0.396 e. The molecule has 1 aromatic carbocycles. The molecular weight excluding hydrogens is 270 g/mol. The lowest BCUT2D eigenvalue weighted by Gasteiger charge is -2.16. The van der Waals surface area contributed by atoms with Gasteiger partial charge in [0.1, 0.15) is 0 Å². The summed E-state index contributed by atoms with van der Waals surface area (Å²) in [4.78, 5) is 12.1. The lowest BCUT2D eigenvalue weighted by Crippen LogP contribution is -2.37. The molecular formula is C16H23NO2S. The number of rotatable bonds is 7. The van der Waals surface area contributed by atoms with Gasteiger partial charge in [-0.3, -0.25) is 4.79 Å². The maximum atomic E-state index is 12.1. The van der Waals surface area contributed by atoms with Crippen molar-refractivity contribution in [2.75, 3.05) is 18.6 Å². The topological polar surface area (TPSA) is 49.3 Å². The van der Waals surface area contributed by atoms with Crippen molar-refractivity contribution < 1.29 is 9.90 Å². The fourth-order valence-corrected chi connectivity index (χ4v) is 2.48. The molecule has 0 heterocycles. The Morgan fingerprint density at radius 3 is 2.60 bits per heavy atom. The quantitative estimate of drug-likeness (QED) is 0.760. The van der Waals surface area contributed by atoms with Gasteiger partial charge in [0, 0.05) is 24.0 Å². The van der Waals surface area contributed by atoms with Gasteiger partial charge >= 0.3 is 0 Å². The van der Waals surface area contributed by atoms with Crippen LogP contribution in [-0.2, 0) is 4.79 Å². The zero-order valence-corrected chi connectivity index (χ0v) is 13.2. The molecule has 0 saturated heterocycles. The fraction of sp³-hybridized carbons (Fsp3) is 0.438. The first-order chi connectivity index (χ1) is 9.56. The van der Waals surface area contributed by atoms with Crippen LogP contribution in [0.4, 0.5) is 0 Å². The number of aliphatic hydroxyl groups is 1. The van der Waals surface area contributed by atoms with Crippen molar-refractivity contribution in [3.05, 3.63) is 41.0 Å². The predicted octanol–water partition coefficient (Wildman–Crippen LogP) is 2.63. The first-order valence-corrected chi connectivity index (χ1v) is 8.12. The molecule has 0 aromatic heterocycles. The Morgan fingerprint density at radius 2 is 2.05 bits per heavy atom. The molecule has 4 heteroatoms. The highest BCUT2D eigenvalue weighted by Gasteiger charge is 2.12. The number of hydrogen-bond acceptors (Lipinski definition) is 3. The average molecular weight is 293 g/mol. The van der Waals surface area contributed by atoms with Crippen LogP contribution in [-0.4, -0.2) is 35.7 Å². The van der Waals surface area contributed by atoms with E-state index in [9.17, 15) is 4.79 Å². The smallest absolute Gasteiger partial charge is 0.247 e. The van der Waals surface area contributed by atoms with E-state index in [1.54, 1.807) is 11.8 Å². The van der Waals surface area contributed by atoms with Gasteiger partial charge in [0.05, 0.1) is 0 Å². The SMILES string of the molecule is CSCC(CCO)NC(=O)/C(C)=C/c1ccc(C)cc1. The Hall–Kier alpha value is -1.26. The molecule has 1 unspecified atom stereocenters. The van der Waals surface area contributed by atoms with Gasteiger partial charge in [-0.15, -0.1) is 0 Å². The molecule has 1 atom stereocenters. The average Bonchev–Trinajstić information content (AvgIpc) is 2.42. The van der Waals surface area contributed by atoms with Gasteiger partial charge in [-0.2, -0.15) is 11.8 Å². The van der Waals surface area contributed by atoms with Gasteiger partial charge in [-0.1, -0.05) is 29.8 Å². The van der Waals surface area contributed by atoms with Gasteiger partial charge in [0.2, 0.25) is 5.91 Å². The normalized spacial score (nSPS) is 13.1. The summed E-state index contributed by atoms with van der Waals surface area (Å²) in [5.41, 5.74) is 2.90. The molecule has 0 spiro atoms. The molecule has 0 saturated carbocycles. The molecule has 0 aliphatic heterocycles. The molecule has 0 aliphatic carbocycles. The zero-order chi connectivity index (χ0) is 15.0. The van der Waals surface area contributed by atoms with Crippen LogP contribution in [0.15, 0.2) is 29.8 Å². The number of hydrogen-bond donors (Lipinski definition) is 2. The Labute approximate surface area is 125 Å². The third-order valence-electron chi connectivity index (χ3n) is 3.00. The van der Waals surface area contributed by atoms with Crippen molar-refractivity contribution in [1.82, 2.24) is 5.32 Å². The molecule has 1 aromatic rings. The van der Waals surface area contributed by atoms with E-state index in [1.165, 1.54) is 5.56 Å². The fourth-order valence-electron chi connectivity index (χ4n) is 1.83. The standard InChI is InChI=1S/C16H23NO2S/c1-12-4-6-14(7-5-12)10-13(2)16(19)17-15(8-9-18)11-20-3/h4-7,10,15,18H,8-9,11H2,1-3H3,(H,17,19)/b13-10+. The lowest BCUT2D eigenvalue weighted by atomic mass is 10.1. The summed E-state index contributed by atoms with van der Waals surface area (Å²) in [6, 6.07) is 8.07. The van der Waals surface area contributed by atoms with Gasteiger partial charge in [0.25, 0.3) is 0 Å². The lowest BCUT2D eigenvalue weighted by molar-refractivity contribution is -0.118. The van der Waals surface area contributed by atoms with Crippen LogP contribution in [0.2, 0.25) is 0 Å². The van der Waals surface area contributed by atoms with Crippen LogP contribution in [0.5, 0.6) is 0 Å². The van der Waals surface area contributed by atoms with Crippen molar-refractivity contribution in [2.45, 2.75) is 26.3 Å². The Balaban J connectivity index is 2.67. The van der Waals surface area contributed by atoms with Gasteiger partial charge in [-0.05, 0) is 38.2 Å². The van der Waals surface area contributed by atoms with Crippen LogP contribution in [0.25, 0.3) is 6.08 Å². The minimum absolute atomic E-state index is 0.0175. The minimum atomic E-state index is -0.0712. The first kappa shape index (κ1) is 16.8. The first-order valence-electron chi connectivity index (χ1n) is 6.72. The van der Waals surface area contributed by atoms with Crippen molar-refractivity contribution >= 4 is 23.7 Å². The Morgan fingerprint density at radius 1 is 1.40 bits per heavy atom. The Bertz CT molecular complexity index is 448. The number of benzene rings is 1. The summed E-state index contributed by atoms with van der Waals surface area (Å²) in [5.74, 6) is 0.738. The molecule has 0 aliphatic rings. The summed E-state index contributed by atoms with van der Waals surface area (Å²) in [5, 5.41) is 12.0. The molecule has 2 N–H and O–H groups in total. The maximum Gasteiger partial charge on any atom is 0.247 e. The van der Waals surface area contributed by atoms with Crippen LogP contribution in [0, 0.1) is 6.92 Å². The highest BCUT2D eigenvalue weighted by molar-refractivity contribution is 7.98. The number of carbonyl (C=O) groups excluding carboxylic acids is 1. The highest BCUT2D eigenvalue weighted by Crippen LogP contribution is 2.09. The maximum absolute atomic E-state index is 12.1. The molecule has 0 bridgehead atoms. The highest BCUT2D eigenvalue weighted by atomic mass is 32.2. The third kappa shape index (κ3) is 5.80. The third-order valence-corrected chi connectivity index (χ3v) is 3.74. The van der Waals surface area contributed by atoms with E-state index in [1.807, 2.05) is 50.4 Å². The number of amides is 1. The second kappa shape index (κ2) is 8.82. The molecule has 20 heavy (non-hydrogen) atoms. The van der Waals surface area contributed by atoms with E-state index in [2.05, 4.69) is 5.32 Å². The van der Waals surface area contributed by atoms with E-state index in [4.69, 9.17) is 5.11 Å². The summed E-state index contributed by atoms with van der Waals surface area (Å²) < 4.78 is 0. The van der Waals surface area contributed by atoms with Crippen molar-refractivity contribution in [2.24, 2.45) is 0 Å². The number of carbonyl (C=O) groups is 1. The summed E-state index contributed by atoms with van der Waals surface area (Å²) >= 11 is 1.66. The van der Waals surface area contributed by atoms with E-state index >= 15 is 0 Å². The predicted molar refractivity (Wildman–Crippen MR) is 86.8 cm³/mol. The van der Waals surface area contributed by atoms with Crippen LogP contribution < -0.4 is 5.32 Å². The van der Waals surface area contributed by atoms with E-state index < -0.39 is 0 Å². The van der Waals surface area contributed by atoms with Crippen LogP contribution in [0.3, 0.4) is 0 Å². The number of aliphatic hydroxyl groups excluding tert-OH is 1. The molecule has 3 nitrogen and oxygen atoms in total. The minimum Gasteiger partial charge on any atom is -0.396 e. The number of nitrogens with one attached hydrogen (secondary N) is 1.